The zero-order chi connectivity index (χ0) is 32.2. The van der Waals surface area contributed by atoms with E-state index in [1.807, 2.05) is 84.9 Å². The molecule has 238 valence electrons. The van der Waals surface area contributed by atoms with Gasteiger partial charge in [-0.1, -0.05) is 60.7 Å². The van der Waals surface area contributed by atoms with Crippen molar-refractivity contribution in [3.8, 4) is 11.5 Å². The summed E-state index contributed by atoms with van der Waals surface area (Å²) in [6, 6.07) is 24.4. The van der Waals surface area contributed by atoms with Gasteiger partial charge in [0.25, 0.3) is 5.91 Å². The smallest absolute Gasteiger partial charge is 0.322 e. The number of urea groups is 1. The molecule has 1 saturated heterocycles. The molecule has 46 heavy (non-hydrogen) atoms. The number of piperidine rings is 1. The van der Waals surface area contributed by atoms with Crippen LogP contribution in [0, 0.1) is 5.92 Å². The van der Waals surface area contributed by atoms with Crippen molar-refractivity contribution in [3.05, 3.63) is 107 Å². The lowest BCUT2D eigenvalue weighted by Gasteiger charge is -2.37. The minimum atomic E-state index is -0.835. The Labute approximate surface area is 268 Å². The molecule has 6 rings (SSSR count). The predicted octanol–water partition coefficient (Wildman–Crippen LogP) is 4.68. The summed E-state index contributed by atoms with van der Waals surface area (Å²) >= 11 is 0. The SMILES string of the molecule is CCOC(=O)[C@@H]1CCCN(C(=O)[C@H](Cc2ccccc2)N2CC3=C(C2=O)[C@@H](c2cccc(Oc4ccccc4)c2)NC(=O)N3C)C1. The number of amides is 4. The maximum atomic E-state index is 14.4. The molecule has 0 saturated carbocycles. The van der Waals surface area contributed by atoms with Gasteiger partial charge in [-0.2, -0.15) is 0 Å². The van der Waals surface area contributed by atoms with Gasteiger partial charge >= 0.3 is 12.0 Å². The molecule has 10 nitrogen and oxygen atoms in total. The standard InChI is InChI=1S/C36H38N4O6/c1-3-45-35(43)26-15-11-19-39(22-26)33(41)29(20-24-12-6-4-7-13-24)40-23-30-31(34(40)42)32(37-36(44)38(30)2)25-14-10-18-28(21-25)46-27-16-8-5-9-17-27/h4-10,12-14,16-18,21,26,29,32H,3,11,15,19-20,22-23H2,1-2H3,(H,37,44)/t26-,29+,32-/m1/s1. The lowest BCUT2D eigenvalue weighted by Crippen LogP contribution is -2.54. The van der Waals surface area contributed by atoms with Crippen LogP contribution in [0.15, 0.2) is 96.2 Å². The van der Waals surface area contributed by atoms with E-state index in [-0.39, 0.29) is 43.5 Å². The fraction of sp³-hybridized carbons (Fsp3) is 0.333. The number of nitrogens with zero attached hydrogens (tertiary/aromatic N) is 3. The van der Waals surface area contributed by atoms with Gasteiger partial charge in [0.1, 0.15) is 17.5 Å². The minimum Gasteiger partial charge on any atom is -0.466 e. The number of carbonyl (C=O) groups is 4. The fourth-order valence-electron chi connectivity index (χ4n) is 6.48. The number of benzene rings is 3. The van der Waals surface area contributed by atoms with Gasteiger partial charge < -0.3 is 24.6 Å². The highest BCUT2D eigenvalue weighted by Crippen LogP contribution is 2.38. The zero-order valence-electron chi connectivity index (χ0n) is 26.1. The van der Waals surface area contributed by atoms with Crippen molar-refractivity contribution >= 4 is 23.8 Å². The van der Waals surface area contributed by atoms with Gasteiger partial charge in [0.15, 0.2) is 0 Å². The van der Waals surface area contributed by atoms with E-state index < -0.39 is 18.0 Å². The fourth-order valence-corrected chi connectivity index (χ4v) is 6.48. The molecule has 3 aliphatic heterocycles. The molecule has 3 atom stereocenters. The van der Waals surface area contributed by atoms with E-state index in [9.17, 15) is 19.2 Å². The Morgan fingerprint density at radius 3 is 2.41 bits per heavy atom. The maximum absolute atomic E-state index is 14.4. The van der Waals surface area contributed by atoms with Crippen LogP contribution in [-0.2, 0) is 25.5 Å². The van der Waals surface area contributed by atoms with Crippen LogP contribution in [0.5, 0.6) is 11.5 Å². The van der Waals surface area contributed by atoms with Crippen molar-refractivity contribution < 1.29 is 28.7 Å². The Morgan fingerprint density at radius 1 is 0.957 bits per heavy atom. The first-order valence-electron chi connectivity index (χ1n) is 15.7. The summed E-state index contributed by atoms with van der Waals surface area (Å²) in [6.45, 7) is 2.89. The van der Waals surface area contributed by atoms with Crippen LogP contribution in [0.1, 0.15) is 36.9 Å². The third-order valence-corrected chi connectivity index (χ3v) is 8.84. The molecule has 10 heteroatoms. The van der Waals surface area contributed by atoms with E-state index >= 15 is 0 Å². The molecule has 1 N–H and O–H groups in total. The molecule has 3 aromatic carbocycles. The van der Waals surface area contributed by atoms with E-state index in [1.54, 1.807) is 23.8 Å². The Balaban J connectivity index is 1.30. The topological polar surface area (TPSA) is 108 Å². The highest BCUT2D eigenvalue weighted by atomic mass is 16.5. The molecule has 0 spiro atoms. The Bertz CT molecular complexity index is 1640. The quantitative estimate of drug-likeness (QED) is 0.347. The second-order valence-corrected chi connectivity index (χ2v) is 11.8. The summed E-state index contributed by atoms with van der Waals surface area (Å²) in [6.07, 6.45) is 1.61. The molecular weight excluding hydrogens is 584 g/mol. The summed E-state index contributed by atoms with van der Waals surface area (Å²) in [4.78, 5) is 59.3. The van der Waals surface area contributed by atoms with Crippen LogP contribution in [-0.4, -0.2) is 77.8 Å². The number of ether oxygens (including phenoxy) is 2. The van der Waals surface area contributed by atoms with Crippen LogP contribution in [0.3, 0.4) is 0 Å². The maximum Gasteiger partial charge on any atom is 0.322 e. The summed E-state index contributed by atoms with van der Waals surface area (Å²) in [7, 11) is 1.63. The van der Waals surface area contributed by atoms with Crippen molar-refractivity contribution in [2.24, 2.45) is 5.92 Å². The summed E-state index contributed by atoms with van der Waals surface area (Å²) in [5.41, 5.74) is 2.58. The molecule has 0 unspecified atom stereocenters. The minimum absolute atomic E-state index is 0.104. The molecule has 4 amide bonds. The number of esters is 1. The Kier molecular flexibility index (Phi) is 9.05. The van der Waals surface area contributed by atoms with E-state index in [0.29, 0.717) is 54.1 Å². The molecule has 3 heterocycles. The van der Waals surface area contributed by atoms with Crippen molar-refractivity contribution in [1.29, 1.82) is 0 Å². The zero-order valence-corrected chi connectivity index (χ0v) is 26.1. The Hall–Kier alpha value is -5.12. The number of likely N-dealkylation sites (N-methyl/N-ethyl adjacent to an activating group) is 1. The number of hydrogen-bond donors (Lipinski definition) is 1. The lowest BCUT2D eigenvalue weighted by atomic mass is 9.95. The first-order chi connectivity index (χ1) is 22.3. The number of rotatable bonds is 9. The van der Waals surface area contributed by atoms with Crippen LogP contribution < -0.4 is 10.1 Å². The second kappa shape index (κ2) is 13.5. The van der Waals surface area contributed by atoms with E-state index in [2.05, 4.69) is 5.32 Å². The van der Waals surface area contributed by atoms with E-state index in [4.69, 9.17) is 9.47 Å². The predicted molar refractivity (Wildman–Crippen MR) is 171 cm³/mol. The second-order valence-electron chi connectivity index (χ2n) is 11.8. The molecular formula is C36H38N4O6. The molecule has 3 aromatic rings. The van der Waals surface area contributed by atoms with Gasteiger partial charge in [0.05, 0.1) is 36.4 Å². The first kappa shape index (κ1) is 30.9. The monoisotopic (exact) mass is 622 g/mol. The summed E-state index contributed by atoms with van der Waals surface area (Å²) in [5, 5.41) is 2.99. The lowest BCUT2D eigenvalue weighted by molar-refractivity contribution is -0.153. The number of carbonyl (C=O) groups excluding carboxylic acids is 4. The van der Waals surface area contributed by atoms with Gasteiger partial charge in [-0.3, -0.25) is 19.3 Å². The molecule has 0 aliphatic carbocycles. The molecule has 0 radical (unpaired) electrons. The number of hydrogen-bond acceptors (Lipinski definition) is 6. The van der Waals surface area contributed by atoms with Crippen LogP contribution in [0.2, 0.25) is 0 Å². The highest BCUT2D eigenvalue weighted by molar-refractivity contribution is 6.03. The Morgan fingerprint density at radius 2 is 1.67 bits per heavy atom. The van der Waals surface area contributed by atoms with E-state index in [0.717, 1.165) is 5.56 Å². The first-order valence-corrected chi connectivity index (χ1v) is 15.7. The van der Waals surface area contributed by atoms with Crippen molar-refractivity contribution in [1.82, 2.24) is 20.0 Å². The van der Waals surface area contributed by atoms with Crippen LogP contribution in [0.25, 0.3) is 0 Å². The van der Waals surface area contributed by atoms with Crippen molar-refractivity contribution in [2.75, 3.05) is 33.3 Å². The number of para-hydroxylation sites is 1. The third-order valence-electron chi connectivity index (χ3n) is 8.84. The summed E-state index contributed by atoms with van der Waals surface area (Å²) < 4.78 is 11.3. The molecule has 0 aromatic heterocycles. The normalized spacial score (nSPS) is 20.3. The van der Waals surface area contributed by atoms with Gasteiger partial charge in [-0.15, -0.1) is 0 Å². The van der Waals surface area contributed by atoms with Crippen LogP contribution >= 0.6 is 0 Å². The van der Waals surface area contributed by atoms with Gasteiger partial charge in [-0.05, 0) is 55.2 Å². The molecule has 1 fully saturated rings. The van der Waals surface area contributed by atoms with Crippen molar-refractivity contribution in [2.45, 2.75) is 38.3 Å². The third kappa shape index (κ3) is 6.33. The average molecular weight is 623 g/mol. The number of nitrogens with one attached hydrogen (secondary N) is 1. The molecule has 3 aliphatic rings. The molecule has 0 bridgehead atoms. The van der Waals surface area contributed by atoms with E-state index in [1.165, 1.54) is 4.90 Å². The van der Waals surface area contributed by atoms with Gasteiger partial charge in [0.2, 0.25) is 5.91 Å². The largest absolute Gasteiger partial charge is 0.466 e. The summed E-state index contributed by atoms with van der Waals surface area (Å²) in [5.74, 6) is -0.00268. The highest BCUT2D eigenvalue weighted by Gasteiger charge is 2.47. The number of likely N-dealkylation sites (tertiary alicyclic amines) is 1. The van der Waals surface area contributed by atoms with Crippen LogP contribution in [0.4, 0.5) is 4.79 Å². The average Bonchev–Trinajstić information content (AvgIpc) is 3.43. The van der Waals surface area contributed by atoms with Gasteiger partial charge in [0, 0.05) is 26.6 Å². The van der Waals surface area contributed by atoms with Crippen molar-refractivity contribution in [3.63, 3.8) is 0 Å². The van der Waals surface area contributed by atoms with Gasteiger partial charge in [-0.25, -0.2) is 4.79 Å².